The number of halogens is 1. The first-order valence-corrected chi connectivity index (χ1v) is 9.37. The topological polar surface area (TPSA) is 54.9 Å². The maximum absolute atomic E-state index is 5.74. The van der Waals surface area contributed by atoms with E-state index in [0.29, 0.717) is 19.8 Å². The van der Waals surface area contributed by atoms with Gasteiger partial charge in [-0.25, -0.2) is 0 Å². The van der Waals surface area contributed by atoms with Gasteiger partial charge in [-0.3, -0.25) is 4.99 Å². The maximum Gasteiger partial charge on any atom is 0.191 e. The van der Waals surface area contributed by atoms with Gasteiger partial charge in [0.1, 0.15) is 5.75 Å². The molecule has 0 unspecified atom stereocenters. The number of nitrogens with zero attached hydrogens (tertiary/aromatic N) is 1. The van der Waals surface area contributed by atoms with Gasteiger partial charge in [-0.05, 0) is 35.6 Å². The van der Waals surface area contributed by atoms with Crippen LogP contribution in [-0.4, -0.2) is 39.9 Å². The van der Waals surface area contributed by atoms with Gasteiger partial charge >= 0.3 is 0 Å². The molecule has 0 atom stereocenters. The van der Waals surface area contributed by atoms with Crippen molar-refractivity contribution in [3.8, 4) is 5.75 Å². The summed E-state index contributed by atoms with van der Waals surface area (Å²) >= 11 is 1.78. The third-order valence-electron chi connectivity index (χ3n) is 3.59. The Hall–Kier alpha value is -1.32. The molecule has 0 amide bonds. The molecule has 1 aromatic carbocycles. The minimum atomic E-state index is 0. The van der Waals surface area contributed by atoms with E-state index in [1.54, 1.807) is 25.5 Å². The molecule has 0 aliphatic carbocycles. The number of hydrogen-bond acceptors (Lipinski definition) is 4. The summed E-state index contributed by atoms with van der Waals surface area (Å²) in [5, 5.41) is 8.78. The normalized spacial score (nSPS) is 10.9. The van der Waals surface area contributed by atoms with Crippen LogP contribution in [0.4, 0.5) is 0 Å². The second kappa shape index (κ2) is 13.8. The molecule has 0 spiro atoms. The molecule has 0 fully saturated rings. The van der Waals surface area contributed by atoms with Crippen LogP contribution in [0.2, 0.25) is 0 Å². The SMILES string of the molecule is CN=C(NCCc1cccs1)NCc1cccc(OCCCOC)c1.I. The van der Waals surface area contributed by atoms with Gasteiger partial charge in [-0.15, -0.1) is 35.3 Å². The predicted octanol–water partition coefficient (Wildman–Crippen LogP) is 3.69. The number of nitrogens with one attached hydrogen (secondary N) is 2. The highest BCUT2D eigenvalue weighted by molar-refractivity contribution is 14.0. The summed E-state index contributed by atoms with van der Waals surface area (Å²) in [5.74, 6) is 1.69. The molecular formula is C19H28IN3O2S. The second-order valence-corrected chi connectivity index (χ2v) is 6.56. The zero-order valence-corrected chi connectivity index (χ0v) is 18.5. The van der Waals surface area contributed by atoms with Gasteiger partial charge in [0, 0.05) is 45.2 Å². The zero-order chi connectivity index (χ0) is 17.7. The van der Waals surface area contributed by atoms with Crippen LogP contribution in [0.3, 0.4) is 0 Å². The van der Waals surface area contributed by atoms with Crippen molar-refractivity contribution in [1.82, 2.24) is 10.6 Å². The summed E-state index contributed by atoms with van der Waals surface area (Å²) in [4.78, 5) is 5.64. The summed E-state index contributed by atoms with van der Waals surface area (Å²) in [6.07, 6.45) is 1.89. The van der Waals surface area contributed by atoms with Gasteiger partial charge in [0.25, 0.3) is 0 Å². The monoisotopic (exact) mass is 489 g/mol. The van der Waals surface area contributed by atoms with E-state index in [0.717, 1.165) is 36.7 Å². The lowest BCUT2D eigenvalue weighted by Crippen LogP contribution is -2.37. The lowest BCUT2D eigenvalue weighted by molar-refractivity contribution is 0.172. The highest BCUT2D eigenvalue weighted by Crippen LogP contribution is 2.13. The minimum absolute atomic E-state index is 0. The molecule has 0 radical (unpaired) electrons. The van der Waals surface area contributed by atoms with E-state index in [-0.39, 0.29) is 24.0 Å². The first-order chi connectivity index (χ1) is 12.3. The Kier molecular flexibility index (Phi) is 12.1. The van der Waals surface area contributed by atoms with Crippen molar-refractivity contribution in [1.29, 1.82) is 0 Å². The summed E-state index contributed by atoms with van der Waals surface area (Å²) in [7, 11) is 3.49. The first-order valence-electron chi connectivity index (χ1n) is 8.49. The number of aliphatic imine (C=N–C) groups is 1. The van der Waals surface area contributed by atoms with Gasteiger partial charge in [-0.2, -0.15) is 0 Å². The third-order valence-corrected chi connectivity index (χ3v) is 4.52. The highest BCUT2D eigenvalue weighted by Gasteiger charge is 2.01. The number of ether oxygens (including phenoxy) is 2. The van der Waals surface area contributed by atoms with E-state index in [2.05, 4.69) is 45.3 Å². The number of rotatable bonds is 10. The Morgan fingerprint density at radius 2 is 2.04 bits per heavy atom. The molecule has 5 nitrogen and oxygen atoms in total. The quantitative estimate of drug-likeness (QED) is 0.232. The molecule has 0 saturated carbocycles. The Balaban J connectivity index is 0.00000338. The van der Waals surface area contributed by atoms with Crippen molar-refractivity contribution in [2.45, 2.75) is 19.4 Å². The van der Waals surface area contributed by atoms with E-state index in [9.17, 15) is 0 Å². The van der Waals surface area contributed by atoms with Gasteiger partial charge in [-0.1, -0.05) is 18.2 Å². The van der Waals surface area contributed by atoms with Crippen molar-refractivity contribution < 1.29 is 9.47 Å². The molecule has 26 heavy (non-hydrogen) atoms. The van der Waals surface area contributed by atoms with E-state index < -0.39 is 0 Å². The summed E-state index contributed by atoms with van der Waals surface area (Å²) in [6, 6.07) is 12.4. The molecule has 2 aromatic rings. The van der Waals surface area contributed by atoms with Gasteiger partial charge in [0.15, 0.2) is 5.96 Å². The van der Waals surface area contributed by atoms with Crippen molar-refractivity contribution in [3.05, 3.63) is 52.2 Å². The van der Waals surface area contributed by atoms with Crippen LogP contribution >= 0.6 is 35.3 Å². The zero-order valence-electron chi connectivity index (χ0n) is 15.4. The Morgan fingerprint density at radius 1 is 1.15 bits per heavy atom. The number of guanidine groups is 1. The van der Waals surface area contributed by atoms with Gasteiger partial charge in [0.2, 0.25) is 0 Å². The molecule has 2 N–H and O–H groups in total. The summed E-state index contributed by atoms with van der Waals surface area (Å²) < 4.78 is 10.8. The number of benzene rings is 1. The maximum atomic E-state index is 5.74. The molecule has 0 aliphatic rings. The molecule has 1 heterocycles. The summed E-state index contributed by atoms with van der Waals surface area (Å²) in [5.41, 5.74) is 1.16. The molecule has 0 saturated heterocycles. The summed E-state index contributed by atoms with van der Waals surface area (Å²) in [6.45, 7) is 2.95. The number of thiophene rings is 1. The third kappa shape index (κ3) is 8.86. The van der Waals surface area contributed by atoms with E-state index in [4.69, 9.17) is 9.47 Å². The van der Waals surface area contributed by atoms with Crippen LogP contribution in [0.25, 0.3) is 0 Å². The van der Waals surface area contributed by atoms with Crippen LogP contribution in [-0.2, 0) is 17.7 Å². The molecule has 0 bridgehead atoms. The molecule has 0 aliphatic heterocycles. The largest absolute Gasteiger partial charge is 0.493 e. The van der Waals surface area contributed by atoms with Crippen LogP contribution in [0.1, 0.15) is 16.9 Å². The minimum Gasteiger partial charge on any atom is -0.493 e. The smallest absolute Gasteiger partial charge is 0.191 e. The second-order valence-electron chi connectivity index (χ2n) is 5.52. The van der Waals surface area contributed by atoms with E-state index in [1.807, 2.05) is 12.1 Å². The molecule has 2 rings (SSSR count). The molecule has 7 heteroatoms. The fourth-order valence-corrected chi connectivity index (χ4v) is 3.01. The Morgan fingerprint density at radius 3 is 2.77 bits per heavy atom. The number of methoxy groups -OCH3 is 1. The first kappa shape index (κ1) is 22.7. The van der Waals surface area contributed by atoms with Crippen LogP contribution in [0.5, 0.6) is 5.75 Å². The van der Waals surface area contributed by atoms with Crippen LogP contribution in [0, 0.1) is 0 Å². The van der Waals surface area contributed by atoms with Gasteiger partial charge < -0.3 is 20.1 Å². The fourth-order valence-electron chi connectivity index (χ4n) is 2.30. The average Bonchev–Trinajstić information content (AvgIpc) is 3.15. The van der Waals surface area contributed by atoms with Crippen molar-refractivity contribution in [2.75, 3.05) is 33.9 Å². The van der Waals surface area contributed by atoms with Crippen molar-refractivity contribution in [3.63, 3.8) is 0 Å². The van der Waals surface area contributed by atoms with Crippen molar-refractivity contribution >= 4 is 41.3 Å². The highest BCUT2D eigenvalue weighted by atomic mass is 127. The van der Waals surface area contributed by atoms with Gasteiger partial charge in [0.05, 0.1) is 6.61 Å². The van der Waals surface area contributed by atoms with Crippen LogP contribution in [0.15, 0.2) is 46.8 Å². The molecule has 144 valence electrons. The lowest BCUT2D eigenvalue weighted by Gasteiger charge is -2.12. The average molecular weight is 489 g/mol. The number of hydrogen-bond donors (Lipinski definition) is 2. The Bertz CT molecular complexity index is 635. The predicted molar refractivity (Wildman–Crippen MR) is 120 cm³/mol. The molecular weight excluding hydrogens is 461 g/mol. The Labute approximate surface area is 177 Å². The van der Waals surface area contributed by atoms with Crippen LogP contribution < -0.4 is 15.4 Å². The molecule has 1 aromatic heterocycles. The standard InChI is InChI=1S/C19H27N3O2S.HI/c1-20-19(21-10-9-18-8-4-13-25-18)22-15-16-6-3-7-17(14-16)24-12-5-11-23-2;/h3-4,6-8,13-14H,5,9-12,15H2,1-2H3,(H2,20,21,22);1H. The van der Waals surface area contributed by atoms with Crippen molar-refractivity contribution in [2.24, 2.45) is 4.99 Å². The van der Waals surface area contributed by atoms with E-state index in [1.165, 1.54) is 4.88 Å². The fraction of sp³-hybridized carbons (Fsp3) is 0.421. The van der Waals surface area contributed by atoms with E-state index >= 15 is 0 Å². The lowest BCUT2D eigenvalue weighted by atomic mass is 10.2.